The molecule has 0 spiro atoms. The zero-order valence-corrected chi connectivity index (χ0v) is 7.77. The van der Waals surface area contributed by atoms with Crippen LogP contribution in [0, 0.1) is 0 Å². The Morgan fingerprint density at radius 3 is 1.92 bits per heavy atom. The largest absolute Gasteiger partial charge is 0.389 e. The number of rotatable bonds is 3. The number of methoxy groups -OCH3 is 1. The molecule has 72 valence electrons. The van der Waals surface area contributed by atoms with Gasteiger partial charge in [0, 0.05) is 12.7 Å². The van der Waals surface area contributed by atoms with Crippen molar-refractivity contribution in [2.75, 3.05) is 7.11 Å². The van der Waals surface area contributed by atoms with Crippen LogP contribution < -0.4 is 0 Å². The van der Waals surface area contributed by atoms with E-state index < -0.39 is 12.4 Å². The van der Waals surface area contributed by atoms with Crippen LogP contribution in [-0.4, -0.2) is 17.3 Å². The van der Waals surface area contributed by atoms with E-state index in [9.17, 15) is 10.2 Å². The Morgan fingerprint density at radius 2 is 1.54 bits per heavy atom. The minimum atomic E-state index is -0.886. The summed E-state index contributed by atoms with van der Waals surface area (Å²) in [5, 5.41) is 18.5. The molecule has 0 saturated heterocycles. The standard InChI is InChI=1S/C10H14O3/c1-7(11)8-3-5-9(6-4-8)10(12)13-2/h3-7,10-12H,1-2H3. The third-order valence-electron chi connectivity index (χ3n) is 1.93. The molecule has 13 heavy (non-hydrogen) atoms. The predicted molar refractivity (Wildman–Crippen MR) is 49.0 cm³/mol. The topological polar surface area (TPSA) is 49.7 Å². The molecule has 2 atom stereocenters. The van der Waals surface area contributed by atoms with Gasteiger partial charge in [-0.05, 0) is 12.5 Å². The quantitative estimate of drug-likeness (QED) is 0.694. The zero-order valence-electron chi connectivity index (χ0n) is 7.77. The Bertz CT molecular complexity index is 253. The molecule has 0 amide bonds. The van der Waals surface area contributed by atoms with Crippen LogP contribution in [0.15, 0.2) is 24.3 Å². The van der Waals surface area contributed by atoms with E-state index in [4.69, 9.17) is 4.74 Å². The second-order valence-electron chi connectivity index (χ2n) is 2.93. The van der Waals surface area contributed by atoms with Gasteiger partial charge in [0.2, 0.25) is 0 Å². The number of aliphatic hydroxyl groups excluding tert-OH is 2. The molecule has 1 aromatic rings. The maximum Gasteiger partial charge on any atom is 0.180 e. The molecule has 0 fully saturated rings. The first kappa shape index (κ1) is 10.2. The summed E-state index contributed by atoms with van der Waals surface area (Å²) in [4.78, 5) is 0. The van der Waals surface area contributed by atoms with Crippen LogP contribution in [0.1, 0.15) is 30.4 Å². The number of ether oxygens (including phenoxy) is 1. The fraction of sp³-hybridized carbons (Fsp3) is 0.400. The lowest BCUT2D eigenvalue weighted by Crippen LogP contribution is -2.00. The minimum Gasteiger partial charge on any atom is -0.389 e. The molecule has 0 radical (unpaired) electrons. The third kappa shape index (κ3) is 2.52. The molecule has 0 saturated carbocycles. The molecule has 0 aliphatic carbocycles. The van der Waals surface area contributed by atoms with E-state index in [1.54, 1.807) is 31.2 Å². The lowest BCUT2D eigenvalue weighted by atomic mass is 10.1. The van der Waals surface area contributed by atoms with Crippen molar-refractivity contribution in [3.05, 3.63) is 35.4 Å². The summed E-state index contributed by atoms with van der Waals surface area (Å²) >= 11 is 0. The van der Waals surface area contributed by atoms with E-state index in [0.717, 1.165) is 5.56 Å². The average molecular weight is 182 g/mol. The molecule has 0 heterocycles. The minimum absolute atomic E-state index is 0.478. The number of aliphatic hydroxyl groups is 2. The summed E-state index contributed by atoms with van der Waals surface area (Å²) in [6.45, 7) is 1.70. The lowest BCUT2D eigenvalue weighted by molar-refractivity contribution is -0.0769. The third-order valence-corrected chi connectivity index (χ3v) is 1.93. The van der Waals surface area contributed by atoms with E-state index in [1.165, 1.54) is 7.11 Å². The molecular weight excluding hydrogens is 168 g/mol. The van der Waals surface area contributed by atoms with Gasteiger partial charge in [0.05, 0.1) is 6.10 Å². The monoisotopic (exact) mass is 182 g/mol. The van der Waals surface area contributed by atoms with E-state index in [1.807, 2.05) is 0 Å². The number of benzene rings is 1. The first-order valence-electron chi connectivity index (χ1n) is 4.14. The van der Waals surface area contributed by atoms with Gasteiger partial charge in [-0.15, -0.1) is 0 Å². The summed E-state index contributed by atoms with van der Waals surface area (Å²) in [5.41, 5.74) is 1.51. The fourth-order valence-corrected chi connectivity index (χ4v) is 1.08. The van der Waals surface area contributed by atoms with Gasteiger partial charge in [-0.1, -0.05) is 24.3 Å². The van der Waals surface area contributed by atoms with Crippen LogP contribution in [-0.2, 0) is 4.74 Å². The van der Waals surface area contributed by atoms with Crippen LogP contribution >= 0.6 is 0 Å². The Hall–Kier alpha value is -0.900. The average Bonchev–Trinajstić information content (AvgIpc) is 2.17. The highest BCUT2D eigenvalue weighted by molar-refractivity contribution is 5.24. The molecule has 1 aromatic carbocycles. The van der Waals surface area contributed by atoms with Gasteiger partial charge in [-0.2, -0.15) is 0 Å². The Morgan fingerprint density at radius 1 is 1.08 bits per heavy atom. The van der Waals surface area contributed by atoms with Crippen molar-refractivity contribution in [3.63, 3.8) is 0 Å². The summed E-state index contributed by atoms with van der Waals surface area (Å²) in [7, 11) is 1.44. The van der Waals surface area contributed by atoms with Crippen molar-refractivity contribution >= 4 is 0 Å². The molecular formula is C10H14O3. The highest BCUT2D eigenvalue weighted by Gasteiger charge is 2.06. The molecule has 0 aliphatic heterocycles. The van der Waals surface area contributed by atoms with Crippen LogP contribution in [0.2, 0.25) is 0 Å². The second-order valence-corrected chi connectivity index (χ2v) is 2.93. The van der Waals surface area contributed by atoms with E-state index in [-0.39, 0.29) is 0 Å². The summed E-state index contributed by atoms with van der Waals surface area (Å²) in [6, 6.07) is 7.00. The van der Waals surface area contributed by atoms with Crippen LogP contribution in [0.4, 0.5) is 0 Å². The molecule has 3 heteroatoms. The van der Waals surface area contributed by atoms with E-state index >= 15 is 0 Å². The lowest BCUT2D eigenvalue weighted by Gasteiger charge is -2.10. The fourth-order valence-electron chi connectivity index (χ4n) is 1.08. The summed E-state index contributed by atoms with van der Waals surface area (Å²) < 4.78 is 4.73. The van der Waals surface area contributed by atoms with Crippen molar-refractivity contribution in [2.45, 2.75) is 19.3 Å². The predicted octanol–water partition coefficient (Wildman–Crippen LogP) is 1.38. The first-order chi connectivity index (χ1) is 6.15. The first-order valence-corrected chi connectivity index (χ1v) is 4.14. The van der Waals surface area contributed by atoms with Crippen LogP contribution in [0.3, 0.4) is 0 Å². The van der Waals surface area contributed by atoms with Gasteiger partial charge in [0.1, 0.15) is 0 Å². The molecule has 1 rings (SSSR count). The summed E-state index contributed by atoms with van der Waals surface area (Å²) in [5.74, 6) is 0. The normalized spacial score (nSPS) is 15.4. The van der Waals surface area contributed by atoms with E-state index in [2.05, 4.69) is 0 Å². The SMILES string of the molecule is COC(O)c1ccc(C(C)O)cc1. The Kier molecular flexibility index (Phi) is 3.42. The smallest absolute Gasteiger partial charge is 0.180 e. The number of hydrogen-bond acceptors (Lipinski definition) is 3. The van der Waals surface area contributed by atoms with Crippen molar-refractivity contribution in [1.82, 2.24) is 0 Å². The number of hydrogen-bond donors (Lipinski definition) is 2. The highest BCUT2D eigenvalue weighted by Crippen LogP contribution is 2.17. The molecule has 0 aromatic heterocycles. The van der Waals surface area contributed by atoms with Gasteiger partial charge >= 0.3 is 0 Å². The van der Waals surface area contributed by atoms with Crippen LogP contribution in [0.5, 0.6) is 0 Å². The highest BCUT2D eigenvalue weighted by atomic mass is 16.6. The van der Waals surface area contributed by atoms with Gasteiger partial charge in [-0.3, -0.25) is 0 Å². The van der Waals surface area contributed by atoms with Gasteiger partial charge in [0.15, 0.2) is 6.29 Å². The Balaban J connectivity index is 2.81. The zero-order chi connectivity index (χ0) is 9.84. The van der Waals surface area contributed by atoms with Gasteiger partial charge in [0.25, 0.3) is 0 Å². The Labute approximate surface area is 77.6 Å². The van der Waals surface area contributed by atoms with Crippen molar-refractivity contribution in [3.8, 4) is 0 Å². The maximum atomic E-state index is 9.27. The van der Waals surface area contributed by atoms with E-state index in [0.29, 0.717) is 5.56 Å². The van der Waals surface area contributed by atoms with Gasteiger partial charge < -0.3 is 14.9 Å². The van der Waals surface area contributed by atoms with Crippen molar-refractivity contribution in [1.29, 1.82) is 0 Å². The summed E-state index contributed by atoms with van der Waals surface area (Å²) in [6.07, 6.45) is -1.36. The molecule has 0 aliphatic rings. The van der Waals surface area contributed by atoms with Crippen LogP contribution in [0.25, 0.3) is 0 Å². The van der Waals surface area contributed by atoms with Gasteiger partial charge in [-0.25, -0.2) is 0 Å². The second kappa shape index (κ2) is 4.37. The molecule has 3 nitrogen and oxygen atoms in total. The molecule has 0 bridgehead atoms. The van der Waals surface area contributed by atoms with Crippen molar-refractivity contribution < 1.29 is 14.9 Å². The molecule has 2 unspecified atom stereocenters. The van der Waals surface area contributed by atoms with Crippen molar-refractivity contribution in [2.24, 2.45) is 0 Å². The molecule has 2 N–H and O–H groups in total. The maximum absolute atomic E-state index is 9.27.